The molecule has 0 unspecified atom stereocenters. The molecule has 0 aliphatic heterocycles. The van der Waals surface area contributed by atoms with Gasteiger partial charge in [0.2, 0.25) is 5.67 Å². The molecule has 0 aromatic carbocycles. The number of unbranched alkanes of at least 4 members (excludes halogenated alkanes) is 1. The molecule has 0 aromatic heterocycles. The average molecular weight is 255 g/mol. The summed E-state index contributed by atoms with van der Waals surface area (Å²) in [6.07, 6.45) is -1.69. The zero-order valence-corrected chi connectivity index (χ0v) is 10.2. The van der Waals surface area contributed by atoms with Crippen molar-refractivity contribution in [3.05, 3.63) is 0 Å². The van der Waals surface area contributed by atoms with Gasteiger partial charge in [0.1, 0.15) is 0 Å². The van der Waals surface area contributed by atoms with Gasteiger partial charge in [0, 0.05) is 0 Å². The van der Waals surface area contributed by atoms with Gasteiger partial charge in [-0.2, -0.15) is 13.2 Å². The van der Waals surface area contributed by atoms with Crippen molar-refractivity contribution >= 4 is 0 Å². The Labute approximate surface area is 100.0 Å². The third-order valence-electron chi connectivity index (χ3n) is 3.69. The Balaban J connectivity index is 2.26. The van der Waals surface area contributed by atoms with Crippen molar-refractivity contribution < 1.29 is 17.6 Å². The van der Waals surface area contributed by atoms with E-state index in [2.05, 4.69) is 5.32 Å². The molecule has 0 radical (unpaired) electrons. The zero-order chi connectivity index (χ0) is 12.9. The fraction of sp³-hybridized carbons (Fsp3) is 1.00. The lowest BCUT2D eigenvalue weighted by atomic mass is 9.77. The summed E-state index contributed by atoms with van der Waals surface area (Å²) in [6.45, 7) is 0.933. The van der Waals surface area contributed by atoms with E-state index in [4.69, 9.17) is 0 Å². The second kappa shape index (κ2) is 6.03. The summed E-state index contributed by atoms with van der Waals surface area (Å²) < 4.78 is 50.8. The van der Waals surface area contributed by atoms with E-state index < -0.39 is 11.8 Å². The first-order valence-electron chi connectivity index (χ1n) is 6.29. The number of hydrogen-bond acceptors (Lipinski definition) is 1. The van der Waals surface area contributed by atoms with E-state index in [1.807, 2.05) is 7.05 Å². The minimum atomic E-state index is -4.69. The molecule has 0 saturated heterocycles. The van der Waals surface area contributed by atoms with Crippen LogP contribution in [0.25, 0.3) is 0 Å². The van der Waals surface area contributed by atoms with Crippen molar-refractivity contribution in [2.24, 2.45) is 5.92 Å². The Kier molecular flexibility index (Phi) is 5.22. The standard InChI is InChI=1S/C12H21F4N/c1-17-9-3-2-4-10-5-7-11(13,8-6-10)12(14,15)16/h10,17H,2-9H2,1H3. The fourth-order valence-corrected chi connectivity index (χ4v) is 2.44. The summed E-state index contributed by atoms with van der Waals surface area (Å²) in [5.41, 5.74) is -2.92. The van der Waals surface area contributed by atoms with Crippen LogP contribution in [0.5, 0.6) is 0 Å². The predicted octanol–water partition coefficient (Wildman–Crippen LogP) is 3.84. The molecule has 102 valence electrons. The van der Waals surface area contributed by atoms with Crippen LogP contribution in [0.1, 0.15) is 44.9 Å². The van der Waals surface area contributed by atoms with Crippen LogP contribution in [0.3, 0.4) is 0 Å². The van der Waals surface area contributed by atoms with Gasteiger partial charge < -0.3 is 5.32 Å². The largest absolute Gasteiger partial charge is 0.422 e. The molecule has 0 bridgehead atoms. The van der Waals surface area contributed by atoms with Crippen molar-refractivity contribution in [2.75, 3.05) is 13.6 Å². The molecule has 0 amide bonds. The first kappa shape index (κ1) is 14.7. The van der Waals surface area contributed by atoms with Crippen molar-refractivity contribution in [3.8, 4) is 0 Å². The maximum atomic E-state index is 13.6. The van der Waals surface area contributed by atoms with Gasteiger partial charge in [0.25, 0.3) is 0 Å². The fourth-order valence-electron chi connectivity index (χ4n) is 2.44. The lowest BCUT2D eigenvalue weighted by molar-refractivity contribution is -0.242. The first-order valence-corrected chi connectivity index (χ1v) is 6.29. The summed E-state index contributed by atoms with van der Waals surface area (Å²) in [5.74, 6) is 0.276. The monoisotopic (exact) mass is 255 g/mol. The van der Waals surface area contributed by atoms with Gasteiger partial charge in [-0.15, -0.1) is 0 Å². The van der Waals surface area contributed by atoms with Crippen LogP contribution in [0.2, 0.25) is 0 Å². The lowest BCUT2D eigenvalue weighted by Gasteiger charge is -2.35. The van der Waals surface area contributed by atoms with Gasteiger partial charge in [-0.3, -0.25) is 0 Å². The molecule has 1 saturated carbocycles. The first-order chi connectivity index (χ1) is 7.89. The van der Waals surface area contributed by atoms with Crippen LogP contribution >= 0.6 is 0 Å². The van der Waals surface area contributed by atoms with Crippen LogP contribution < -0.4 is 5.32 Å². The minimum Gasteiger partial charge on any atom is -0.320 e. The van der Waals surface area contributed by atoms with Gasteiger partial charge in [0.15, 0.2) is 0 Å². The Morgan fingerprint density at radius 1 is 1.18 bits per heavy atom. The molecule has 1 aliphatic rings. The van der Waals surface area contributed by atoms with E-state index in [0.29, 0.717) is 12.8 Å². The molecule has 0 atom stereocenters. The van der Waals surface area contributed by atoms with E-state index in [0.717, 1.165) is 25.8 Å². The Morgan fingerprint density at radius 2 is 1.76 bits per heavy atom. The highest BCUT2D eigenvalue weighted by atomic mass is 19.4. The molecular formula is C12H21F4N. The summed E-state index contributed by atoms with van der Waals surface area (Å²) in [4.78, 5) is 0. The van der Waals surface area contributed by atoms with Crippen LogP contribution in [0, 0.1) is 5.92 Å². The smallest absolute Gasteiger partial charge is 0.320 e. The van der Waals surface area contributed by atoms with Crippen molar-refractivity contribution in [1.29, 1.82) is 0 Å². The highest BCUT2D eigenvalue weighted by Gasteiger charge is 2.56. The number of alkyl halides is 4. The second-order valence-electron chi connectivity index (χ2n) is 5.01. The molecule has 1 nitrogen and oxygen atoms in total. The normalized spacial score (nSPS) is 30.5. The van der Waals surface area contributed by atoms with E-state index in [1.54, 1.807) is 0 Å². The highest BCUT2D eigenvalue weighted by Crippen LogP contribution is 2.46. The molecule has 0 aromatic rings. The molecule has 0 heterocycles. The average Bonchev–Trinajstić information content (AvgIpc) is 2.25. The van der Waals surface area contributed by atoms with Crippen molar-refractivity contribution in [3.63, 3.8) is 0 Å². The lowest BCUT2D eigenvalue weighted by Crippen LogP contribution is -2.43. The molecular weight excluding hydrogens is 234 g/mol. The van der Waals surface area contributed by atoms with Gasteiger partial charge in [0.05, 0.1) is 0 Å². The summed E-state index contributed by atoms with van der Waals surface area (Å²) in [5, 5.41) is 3.03. The number of hydrogen-bond donors (Lipinski definition) is 1. The quantitative estimate of drug-likeness (QED) is 0.581. The van der Waals surface area contributed by atoms with Crippen molar-refractivity contribution in [1.82, 2.24) is 5.32 Å². The van der Waals surface area contributed by atoms with Gasteiger partial charge in [-0.05, 0) is 51.6 Å². The molecule has 1 fully saturated rings. The highest BCUT2D eigenvalue weighted by molar-refractivity contribution is 4.91. The van der Waals surface area contributed by atoms with E-state index >= 15 is 0 Å². The Hall–Kier alpha value is -0.320. The predicted molar refractivity (Wildman–Crippen MR) is 59.6 cm³/mol. The SMILES string of the molecule is CNCCCCC1CCC(F)(C(F)(F)F)CC1. The van der Waals surface area contributed by atoms with Crippen LogP contribution in [-0.4, -0.2) is 25.4 Å². The molecule has 1 N–H and O–H groups in total. The second-order valence-corrected chi connectivity index (χ2v) is 5.01. The van der Waals surface area contributed by atoms with Gasteiger partial charge in [-0.1, -0.05) is 12.8 Å². The summed E-state index contributed by atoms with van der Waals surface area (Å²) >= 11 is 0. The zero-order valence-electron chi connectivity index (χ0n) is 10.2. The van der Waals surface area contributed by atoms with E-state index in [9.17, 15) is 17.6 Å². The maximum Gasteiger partial charge on any atom is 0.422 e. The Bertz CT molecular complexity index is 219. The summed E-state index contributed by atoms with van der Waals surface area (Å²) in [7, 11) is 1.88. The molecule has 1 aliphatic carbocycles. The van der Waals surface area contributed by atoms with Crippen LogP contribution in [-0.2, 0) is 0 Å². The number of nitrogens with one attached hydrogen (secondary N) is 1. The van der Waals surface area contributed by atoms with Crippen LogP contribution in [0.4, 0.5) is 17.6 Å². The topological polar surface area (TPSA) is 12.0 Å². The third-order valence-corrected chi connectivity index (χ3v) is 3.69. The minimum absolute atomic E-state index is 0.276. The number of rotatable bonds is 5. The summed E-state index contributed by atoms with van der Waals surface area (Å²) in [6, 6.07) is 0. The molecule has 17 heavy (non-hydrogen) atoms. The van der Waals surface area contributed by atoms with E-state index in [1.165, 1.54) is 0 Å². The molecule has 0 spiro atoms. The van der Waals surface area contributed by atoms with Gasteiger partial charge >= 0.3 is 6.18 Å². The molecule has 5 heteroatoms. The van der Waals surface area contributed by atoms with Gasteiger partial charge in [-0.25, -0.2) is 4.39 Å². The van der Waals surface area contributed by atoms with E-state index in [-0.39, 0.29) is 18.8 Å². The Morgan fingerprint density at radius 3 is 2.24 bits per heavy atom. The van der Waals surface area contributed by atoms with Crippen LogP contribution in [0.15, 0.2) is 0 Å². The number of halogens is 4. The molecule has 1 rings (SSSR count). The van der Waals surface area contributed by atoms with Crippen molar-refractivity contribution in [2.45, 2.75) is 56.8 Å². The maximum absolute atomic E-state index is 13.6. The third kappa shape index (κ3) is 4.12.